The number of nitrogens with zero attached hydrogens (tertiary/aromatic N) is 3. The predicted molar refractivity (Wildman–Crippen MR) is 125 cm³/mol. The van der Waals surface area contributed by atoms with Gasteiger partial charge in [-0.05, 0) is 24.0 Å². The van der Waals surface area contributed by atoms with Gasteiger partial charge in [0.1, 0.15) is 24.2 Å². The van der Waals surface area contributed by atoms with Gasteiger partial charge >= 0.3 is 0 Å². The molecule has 1 amide bonds. The number of rotatable bonds is 8. The first-order valence-electron chi connectivity index (χ1n) is 11.2. The lowest BCUT2D eigenvalue weighted by atomic mass is 9.95. The highest BCUT2D eigenvalue weighted by atomic mass is 16.5. The molecule has 1 aromatic carbocycles. The number of benzene rings is 1. The summed E-state index contributed by atoms with van der Waals surface area (Å²) in [4.78, 5) is 23.6. The third-order valence-corrected chi connectivity index (χ3v) is 5.62. The van der Waals surface area contributed by atoms with E-state index in [0.717, 1.165) is 22.6 Å². The smallest absolute Gasteiger partial charge is 0.243 e. The van der Waals surface area contributed by atoms with Crippen LogP contribution in [-0.2, 0) is 24.4 Å². The molecule has 2 aromatic rings. The molecule has 0 unspecified atom stereocenters. The monoisotopic (exact) mass is 441 g/mol. The normalized spacial score (nSPS) is 18.9. The van der Waals surface area contributed by atoms with Crippen LogP contribution < -0.4 is 20.3 Å². The number of carbonyl (C=O) groups excluding carboxylic acids is 1. The van der Waals surface area contributed by atoms with Gasteiger partial charge in [0.2, 0.25) is 5.91 Å². The highest BCUT2D eigenvalue weighted by molar-refractivity contribution is 5.86. The van der Waals surface area contributed by atoms with Crippen molar-refractivity contribution in [2.45, 2.75) is 65.4 Å². The van der Waals surface area contributed by atoms with Crippen LogP contribution in [0, 0.1) is 5.92 Å². The third-order valence-electron chi connectivity index (χ3n) is 5.62. The fraction of sp³-hybridized carbons (Fsp3) is 0.542. The molecule has 0 fully saturated rings. The number of hydrogen-bond acceptors (Lipinski definition) is 7. The Kier molecular flexibility index (Phi) is 8.04. The molecule has 2 atom stereocenters. The lowest BCUT2D eigenvalue weighted by Crippen LogP contribution is -2.54. The van der Waals surface area contributed by atoms with Gasteiger partial charge in [0.15, 0.2) is 0 Å². The van der Waals surface area contributed by atoms with E-state index in [1.807, 2.05) is 44.0 Å². The van der Waals surface area contributed by atoms with Crippen molar-refractivity contribution in [2.75, 3.05) is 18.6 Å². The maximum Gasteiger partial charge on any atom is 0.243 e. The molecule has 8 nitrogen and oxygen atoms in total. The molecule has 32 heavy (non-hydrogen) atoms. The minimum atomic E-state index is -0.334. The third kappa shape index (κ3) is 5.95. The van der Waals surface area contributed by atoms with Crippen molar-refractivity contribution in [3.05, 3.63) is 47.5 Å². The average Bonchev–Trinajstić information content (AvgIpc) is 2.76. The Bertz CT molecular complexity index is 901. The van der Waals surface area contributed by atoms with E-state index in [4.69, 9.17) is 4.74 Å². The SMILES string of the molecule is CC(C)NCc1ncc(COc2ccc3c(c2)N(C)[C@H](C(C)C)C(=O)N[C@@H](CO)C3)cn1. The summed E-state index contributed by atoms with van der Waals surface area (Å²) < 4.78 is 6.02. The van der Waals surface area contributed by atoms with Crippen LogP contribution in [-0.4, -0.2) is 52.8 Å². The van der Waals surface area contributed by atoms with E-state index >= 15 is 0 Å². The van der Waals surface area contributed by atoms with Crippen molar-refractivity contribution in [3.8, 4) is 5.75 Å². The van der Waals surface area contributed by atoms with E-state index in [9.17, 15) is 9.90 Å². The molecule has 1 aliphatic rings. The van der Waals surface area contributed by atoms with Gasteiger partial charge in [0.05, 0.1) is 19.2 Å². The summed E-state index contributed by atoms with van der Waals surface area (Å²) in [5, 5.41) is 16.0. The Morgan fingerprint density at radius 1 is 1.25 bits per heavy atom. The summed E-state index contributed by atoms with van der Waals surface area (Å²) in [5.74, 6) is 1.50. The molecule has 0 aliphatic carbocycles. The lowest BCUT2D eigenvalue weighted by Gasteiger charge is -2.37. The molecule has 2 heterocycles. The zero-order valence-electron chi connectivity index (χ0n) is 19.6. The molecule has 3 rings (SSSR count). The standard InChI is InChI=1S/C24H35N5O3/c1-15(2)23-24(31)28-19(13-30)8-18-6-7-20(9-21(18)29(23)5)32-14-17-10-26-22(27-11-17)12-25-16(3)4/h6-7,9-11,15-16,19,23,25,30H,8,12-14H2,1-5H3,(H,28,31)/t19-,23-/m1/s1. The van der Waals surface area contributed by atoms with Crippen LogP contribution in [0.3, 0.4) is 0 Å². The van der Waals surface area contributed by atoms with Crippen molar-refractivity contribution in [2.24, 2.45) is 5.92 Å². The molecule has 0 saturated heterocycles. The van der Waals surface area contributed by atoms with Gasteiger partial charge in [0, 0.05) is 42.8 Å². The Morgan fingerprint density at radius 3 is 2.59 bits per heavy atom. The Hall–Kier alpha value is -2.71. The van der Waals surface area contributed by atoms with Gasteiger partial charge in [0.25, 0.3) is 0 Å². The van der Waals surface area contributed by atoms with Crippen molar-refractivity contribution in [1.82, 2.24) is 20.6 Å². The predicted octanol–water partition coefficient (Wildman–Crippen LogP) is 2.05. The number of nitrogens with one attached hydrogen (secondary N) is 2. The second kappa shape index (κ2) is 10.7. The van der Waals surface area contributed by atoms with Crippen LogP contribution in [0.4, 0.5) is 5.69 Å². The number of hydrogen-bond donors (Lipinski definition) is 3. The molecule has 0 spiro atoms. The van der Waals surface area contributed by atoms with Crippen LogP contribution in [0.2, 0.25) is 0 Å². The van der Waals surface area contributed by atoms with E-state index in [0.29, 0.717) is 31.4 Å². The van der Waals surface area contributed by atoms with Crippen LogP contribution in [0.15, 0.2) is 30.6 Å². The summed E-state index contributed by atoms with van der Waals surface area (Å²) in [6.07, 6.45) is 4.14. The number of aliphatic hydroxyl groups excluding tert-OH is 1. The van der Waals surface area contributed by atoms with Crippen LogP contribution in [0.1, 0.15) is 44.6 Å². The Morgan fingerprint density at radius 2 is 1.97 bits per heavy atom. The minimum absolute atomic E-state index is 0.0669. The number of fused-ring (bicyclic) bond motifs is 1. The van der Waals surface area contributed by atoms with Gasteiger partial charge in [-0.1, -0.05) is 33.8 Å². The first-order valence-corrected chi connectivity index (χ1v) is 11.2. The first kappa shape index (κ1) is 23.9. The molecule has 3 N–H and O–H groups in total. The van der Waals surface area contributed by atoms with Crippen molar-refractivity contribution in [1.29, 1.82) is 0 Å². The summed E-state index contributed by atoms with van der Waals surface area (Å²) >= 11 is 0. The number of carbonyl (C=O) groups is 1. The summed E-state index contributed by atoms with van der Waals surface area (Å²) in [7, 11) is 1.93. The van der Waals surface area contributed by atoms with Crippen LogP contribution >= 0.6 is 0 Å². The van der Waals surface area contributed by atoms with Crippen molar-refractivity contribution < 1.29 is 14.6 Å². The van der Waals surface area contributed by atoms with E-state index in [2.05, 4.69) is 34.4 Å². The van der Waals surface area contributed by atoms with E-state index in [1.54, 1.807) is 12.4 Å². The highest BCUT2D eigenvalue weighted by Gasteiger charge is 2.32. The van der Waals surface area contributed by atoms with Crippen molar-refractivity contribution in [3.63, 3.8) is 0 Å². The minimum Gasteiger partial charge on any atom is -0.489 e. The zero-order chi connectivity index (χ0) is 23.3. The topological polar surface area (TPSA) is 99.6 Å². The number of likely N-dealkylation sites (N-methyl/N-ethyl adjacent to an activating group) is 1. The number of amides is 1. The fourth-order valence-electron chi connectivity index (χ4n) is 3.93. The number of aromatic nitrogens is 2. The second-order valence-electron chi connectivity index (χ2n) is 9.01. The summed E-state index contributed by atoms with van der Waals surface area (Å²) in [6.45, 7) is 9.11. The van der Waals surface area contributed by atoms with Gasteiger partial charge in [-0.15, -0.1) is 0 Å². The van der Waals surface area contributed by atoms with Crippen LogP contribution in [0.5, 0.6) is 5.75 Å². The quantitative estimate of drug-likeness (QED) is 0.577. The van der Waals surface area contributed by atoms with E-state index in [1.165, 1.54) is 0 Å². The number of anilines is 1. The molecular weight excluding hydrogens is 406 g/mol. The van der Waals surface area contributed by atoms with Crippen molar-refractivity contribution >= 4 is 11.6 Å². The van der Waals surface area contributed by atoms with Gasteiger partial charge in [-0.25, -0.2) is 9.97 Å². The molecular formula is C24H35N5O3. The largest absolute Gasteiger partial charge is 0.489 e. The fourth-order valence-corrected chi connectivity index (χ4v) is 3.93. The molecule has 1 aromatic heterocycles. The molecule has 0 saturated carbocycles. The summed E-state index contributed by atoms with van der Waals surface area (Å²) in [5.41, 5.74) is 2.90. The summed E-state index contributed by atoms with van der Waals surface area (Å²) in [6, 6.07) is 5.65. The first-order chi connectivity index (χ1) is 15.3. The Labute approximate surface area is 190 Å². The van der Waals surface area contributed by atoms with E-state index < -0.39 is 0 Å². The molecule has 1 aliphatic heterocycles. The van der Waals surface area contributed by atoms with Gasteiger partial charge in [-0.2, -0.15) is 0 Å². The highest BCUT2D eigenvalue weighted by Crippen LogP contribution is 2.31. The average molecular weight is 442 g/mol. The number of aliphatic hydroxyl groups is 1. The maximum atomic E-state index is 12.8. The second-order valence-corrected chi connectivity index (χ2v) is 9.01. The zero-order valence-corrected chi connectivity index (χ0v) is 19.6. The van der Waals surface area contributed by atoms with E-state index in [-0.39, 0.29) is 30.5 Å². The van der Waals surface area contributed by atoms with Gasteiger partial charge in [-0.3, -0.25) is 4.79 Å². The van der Waals surface area contributed by atoms with Gasteiger partial charge < -0.3 is 25.4 Å². The molecule has 8 heteroatoms. The Balaban J connectivity index is 1.75. The lowest BCUT2D eigenvalue weighted by molar-refractivity contribution is -0.124. The van der Waals surface area contributed by atoms with Crippen LogP contribution in [0.25, 0.3) is 0 Å². The maximum absolute atomic E-state index is 12.8. The molecule has 174 valence electrons. The molecule has 0 bridgehead atoms. The number of ether oxygens (including phenoxy) is 1. The molecule has 0 radical (unpaired) electrons.